The Morgan fingerprint density at radius 3 is 2.66 bits per heavy atom. The van der Waals surface area contributed by atoms with Gasteiger partial charge in [0.25, 0.3) is 0 Å². The van der Waals surface area contributed by atoms with Crippen molar-refractivity contribution in [3.05, 3.63) is 92.9 Å². The summed E-state index contributed by atoms with van der Waals surface area (Å²) < 4.78 is 13.0. The zero-order valence-corrected chi connectivity index (χ0v) is 18.0. The maximum atomic E-state index is 6.41. The number of hydrogen-bond acceptors (Lipinski definition) is 4. The standard InChI is InChI=1S/C23H18BrClN2O2/c1-28-21-5-3-2-4-17(21)23-27-20(18-12-16(25)10-11-22(18)29-23)13-19(26-27)14-6-8-15(24)9-7-14/h2-12,20,23H,13H2,1H3/t20-,23+/m1/s1. The molecule has 2 atom stereocenters. The smallest absolute Gasteiger partial charge is 0.217 e. The van der Waals surface area contributed by atoms with Gasteiger partial charge in [0.1, 0.15) is 11.5 Å². The molecule has 0 unspecified atom stereocenters. The highest BCUT2D eigenvalue weighted by Crippen LogP contribution is 2.49. The van der Waals surface area contributed by atoms with Gasteiger partial charge in [0, 0.05) is 21.5 Å². The minimum absolute atomic E-state index is 0.0472. The van der Waals surface area contributed by atoms with Gasteiger partial charge < -0.3 is 9.47 Å². The first-order valence-corrected chi connectivity index (χ1v) is 10.5. The van der Waals surface area contributed by atoms with Gasteiger partial charge in [-0.05, 0) is 48.0 Å². The Kier molecular flexibility index (Phi) is 4.72. The number of ether oxygens (including phenoxy) is 2. The lowest BCUT2D eigenvalue weighted by Crippen LogP contribution is -2.33. The molecule has 0 bridgehead atoms. The first-order chi connectivity index (χ1) is 14.1. The number of benzene rings is 3. The van der Waals surface area contributed by atoms with Crippen LogP contribution in [-0.4, -0.2) is 17.8 Å². The van der Waals surface area contributed by atoms with Crippen LogP contribution in [0.2, 0.25) is 5.02 Å². The van der Waals surface area contributed by atoms with Crippen molar-refractivity contribution < 1.29 is 9.47 Å². The van der Waals surface area contributed by atoms with Crippen LogP contribution < -0.4 is 9.47 Å². The van der Waals surface area contributed by atoms with Crippen molar-refractivity contribution in [3.8, 4) is 11.5 Å². The second-order valence-electron chi connectivity index (χ2n) is 7.05. The molecule has 0 saturated heterocycles. The number of para-hydroxylation sites is 1. The van der Waals surface area contributed by atoms with Crippen molar-refractivity contribution >= 4 is 33.2 Å². The van der Waals surface area contributed by atoms with Crippen LogP contribution in [0.4, 0.5) is 0 Å². The van der Waals surface area contributed by atoms with Crippen LogP contribution in [-0.2, 0) is 0 Å². The zero-order valence-electron chi connectivity index (χ0n) is 15.7. The third kappa shape index (κ3) is 3.28. The third-order valence-corrected chi connectivity index (χ3v) is 6.10. The van der Waals surface area contributed by atoms with Crippen molar-refractivity contribution in [1.29, 1.82) is 0 Å². The van der Waals surface area contributed by atoms with Crippen molar-refractivity contribution in [2.24, 2.45) is 5.10 Å². The summed E-state index contributed by atoms with van der Waals surface area (Å²) in [6.07, 6.45) is 0.405. The molecule has 2 heterocycles. The second-order valence-corrected chi connectivity index (χ2v) is 8.40. The van der Waals surface area contributed by atoms with E-state index in [-0.39, 0.29) is 12.3 Å². The van der Waals surface area contributed by atoms with Crippen LogP contribution in [0.5, 0.6) is 11.5 Å². The number of nitrogens with zero attached hydrogens (tertiary/aromatic N) is 2. The monoisotopic (exact) mass is 468 g/mol. The summed E-state index contributed by atoms with van der Waals surface area (Å²) in [6, 6.07) is 22.0. The summed E-state index contributed by atoms with van der Waals surface area (Å²) in [5.41, 5.74) is 4.13. The lowest BCUT2D eigenvalue weighted by atomic mass is 9.96. The van der Waals surface area contributed by atoms with Gasteiger partial charge in [-0.15, -0.1) is 0 Å². The molecule has 146 valence electrons. The summed E-state index contributed by atoms with van der Waals surface area (Å²) in [4.78, 5) is 0. The normalized spacial score (nSPS) is 19.8. The van der Waals surface area contributed by atoms with Gasteiger partial charge in [0.15, 0.2) is 0 Å². The molecule has 5 rings (SSSR count). The molecule has 0 aromatic heterocycles. The molecule has 0 saturated carbocycles. The summed E-state index contributed by atoms with van der Waals surface area (Å²) >= 11 is 9.80. The molecular formula is C23H18BrClN2O2. The van der Waals surface area contributed by atoms with Gasteiger partial charge in [-0.25, -0.2) is 5.01 Å². The maximum absolute atomic E-state index is 6.41. The fraction of sp³-hybridized carbons (Fsp3) is 0.174. The number of hydrogen-bond donors (Lipinski definition) is 0. The molecule has 2 aliphatic heterocycles. The fourth-order valence-corrected chi connectivity index (χ4v) is 4.40. The van der Waals surface area contributed by atoms with Crippen molar-refractivity contribution in [3.63, 3.8) is 0 Å². The Labute approximate surface area is 182 Å². The minimum Gasteiger partial charge on any atom is -0.496 e. The molecule has 0 fully saturated rings. The van der Waals surface area contributed by atoms with E-state index in [1.807, 2.05) is 59.6 Å². The molecule has 29 heavy (non-hydrogen) atoms. The number of methoxy groups -OCH3 is 1. The largest absolute Gasteiger partial charge is 0.496 e. The number of rotatable bonds is 3. The minimum atomic E-state index is -0.377. The Balaban J connectivity index is 1.62. The van der Waals surface area contributed by atoms with Gasteiger partial charge in [-0.2, -0.15) is 5.10 Å². The molecular weight excluding hydrogens is 452 g/mol. The molecule has 0 N–H and O–H groups in total. The number of halogens is 2. The molecule has 4 nitrogen and oxygen atoms in total. The molecule has 3 aromatic carbocycles. The SMILES string of the molecule is COc1ccccc1[C@@H]1Oc2ccc(Cl)cc2[C@H]2CC(c3ccc(Br)cc3)=NN21. The Bertz CT molecular complexity index is 1100. The van der Waals surface area contributed by atoms with Crippen LogP contribution in [0.1, 0.15) is 35.4 Å². The van der Waals surface area contributed by atoms with E-state index >= 15 is 0 Å². The van der Waals surface area contributed by atoms with E-state index < -0.39 is 0 Å². The van der Waals surface area contributed by atoms with E-state index in [1.165, 1.54) is 0 Å². The van der Waals surface area contributed by atoms with Gasteiger partial charge in [-0.3, -0.25) is 0 Å². The molecule has 3 aromatic rings. The first kappa shape index (κ1) is 18.5. The molecule has 2 aliphatic rings. The summed E-state index contributed by atoms with van der Waals surface area (Å²) in [5.74, 6) is 1.61. The topological polar surface area (TPSA) is 34.1 Å². The Morgan fingerprint density at radius 1 is 1.07 bits per heavy atom. The summed E-state index contributed by atoms with van der Waals surface area (Å²) in [6.45, 7) is 0. The molecule has 0 amide bonds. The Hall–Kier alpha value is -2.50. The maximum Gasteiger partial charge on any atom is 0.217 e. The van der Waals surface area contributed by atoms with Crippen molar-refractivity contribution in [2.75, 3.05) is 7.11 Å². The van der Waals surface area contributed by atoms with E-state index in [2.05, 4.69) is 28.1 Å². The Morgan fingerprint density at radius 2 is 1.86 bits per heavy atom. The predicted molar refractivity (Wildman–Crippen MR) is 118 cm³/mol. The lowest BCUT2D eigenvalue weighted by Gasteiger charge is -2.38. The van der Waals surface area contributed by atoms with E-state index in [4.69, 9.17) is 26.2 Å². The third-order valence-electron chi connectivity index (χ3n) is 5.33. The fourth-order valence-electron chi connectivity index (χ4n) is 3.95. The van der Waals surface area contributed by atoms with Crippen LogP contribution in [0.15, 0.2) is 76.3 Å². The van der Waals surface area contributed by atoms with Crippen LogP contribution in [0, 0.1) is 0 Å². The van der Waals surface area contributed by atoms with E-state index in [0.29, 0.717) is 5.02 Å². The second kappa shape index (κ2) is 7.39. The van der Waals surface area contributed by atoms with Gasteiger partial charge in [0.2, 0.25) is 6.23 Å². The van der Waals surface area contributed by atoms with Crippen LogP contribution >= 0.6 is 27.5 Å². The van der Waals surface area contributed by atoms with Gasteiger partial charge in [-0.1, -0.05) is 51.8 Å². The molecule has 6 heteroatoms. The van der Waals surface area contributed by atoms with Crippen molar-refractivity contribution in [1.82, 2.24) is 5.01 Å². The average molecular weight is 470 g/mol. The summed E-state index contributed by atoms with van der Waals surface area (Å²) in [7, 11) is 1.67. The highest BCUT2D eigenvalue weighted by molar-refractivity contribution is 9.10. The summed E-state index contributed by atoms with van der Waals surface area (Å²) in [5, 5.41) is 7.71. The van der Waals surface area contributed by atoms with Crippen molar-refractivity contribution in [2.45, 2.75) is 18.7 Å². The van der Waals surface area contributed by atoms with E-state index in [0.717, 1.165) is 44.8 Å². The quantitative estimate of drug-likeness (QED) is 0.448. The number of fused-ring (bicyclic) bond motifs is 3. The lowest BCUT2D eigenvalue weighted by molar-refractivity contribution is -0.0203. The van der Waals surface area contributed by atoms with Crippen LogP contribution in [0.3, 0.4) is 0 Å². The van der Waals surface area contributed by atoms with Crippen LogP contribution in [0.25, 0.3) is 0 Å². The molecule has 0 radical (unpaired) electrons. The van der Waals surface area contributed by atoms with E-state index in [1.54, 1.807) is 7.11 Å². The highest BCUT2D eigenvalue weighted by Gasteiger charge is 2.42. The predicted octanol–water partition coefficient (Wildman–Crippen LogP) is 6.35. The van der Waals surface area contributed by atoms with E-state index in [9.17, 15) is 0 Å². The first-order valence-electron chi connectivity index (χ1n) is 9.35. The van der Waals surface area contributed by atoms with Gasteiger partial charge in [0.05, 0.1) is 24.4 Å². The molecule has 0 aliphatic carbocycles. The number of hydrazone groups is 1. The molecule has 0 spiro atoms. The highest BCUT2D eigenvalue weighted by atomic mass is 79.9. The average Bonchev–Trinajstić information content (AvgIpc) is 3.19. The zero-order chi connectivity index (χ0) is 20.0. The van der Waals surface area contributed by atoms with Gasteiger partial charge >= 0.3 is 0 Å².